The molecule has 1 unspecified atom stereocenters. The van der Waals surface area contributed by atoms with Gasteiger partial charge < -0.3 is 20.4 Å². The van der Waals surface area contributed by atoms with E-state index in [1.165, 1.54) is 63.0 Å². The van der Waals surface area contributed by atoms with Gasteiger partial charge in [-0.3, -0.25) is 4.99 Å². The SMILES string of the molecule is CCNC(=NCCCCN1CCCCC1C)NC1CCN(c2cccs2)CC1. The van der Waals surface area contributed by atoms with Crippen molar-refractivity contribution in [2.24, 2.45) is 4.99 Å². The van der Waals surface area contributed by atoms with Crippen LogP contribution in [0.1, 0.15) is 58.8 Å². The highest BCUT2D eigenvalue weighted by Crippen LogP contribution is 2.24. The lowest BCUT2D eigenvalue weighted by molar-refractivity contribution is 0.158. The molecule has 2 fully saturated rings. The van der Waals surface area contributed by atoms with Crippen LogP contribution in [0.25, 0.3) is 0 Å². The molecule has 1 aromatic rings. The molecule has 3 rings (SSSR count). The summed E-state index contributed by atoms with van der Waals surface area (Å²) in [4.78, 5) is 10.0. The molecule has 0 saturated carbocycles. The lowest BCUT2D eigenvalue weighted by Gasteiger charge is -2.33. The fourth-order valence-corrected chi connectivity index (χ4v) is 5.10. The van der Waals surface area contributed by atoms with Crippen molar-refractivity contribution in [1.82, 2.24) is 15.5 Å². The van der Waals surface area contributed by atoms with Gasteiger partial charge in [0.25, 0.3) is 0 Å². The first kappa shape index (κ1) is 21.4. The van der Waals surface area contributed by atoms with Crippen LogP contribution >= 0.6 is 11.3 Å². The summed E-state index contributed by atoms with van der Waals surface area (Å²) in [5.74, 6) is 1.00. The second-order valence-electron chi connectivity index (χ2n) is 8.21. The van der Waals surface area contributed by atoms with E-state index in [4.69, 9.17) is 4.99 Å². The number of thiophene rings is 1. The fraction of sp³-hybridized carbons (Fsp3) is 0.773. The van der Waals surface area contributed by atoms with Crippen LogP contribution in [-0.2, 0) is 0 Å². The van der Waals surface area contributed by atoms with Crippen molar-refractivity contribution < 1.29 is 0 Å². The predicted octanol–water partition coefficient (Wildman–Crippen LogP) is 3.93. The summed E-state index contributed by atoms with van der Waals surface area (Å²) in [7, 11) is 0. The lowest BCUT2D eigenvalue weighted by atomic mass is 10.0. The number of piperidine rings is 2. The van der Waals surface area contributed by atoms with Gasteiger partial charge in [0.05, 0.1) is 5.00 Å². The number of guanidine groups is 1. The molecule has 2 saturated heterocycles. The van der Waals surface area contributed by atoms with E-state index in [9.17, 15) is 0 Å². The Hall–Kier alpha value is -1.27. The van der Waals surface area contributed by atoms with Crippen LogP contribution in [0.5, 0.6) is 0 Å². The number of nitrogens with zero attached hydrogens (tertiary/aromatic N) is 3. The van der Waals surface area contributed by atoms with Crippen molar-refractivity contribution in [3.05, 3.63) is 17.5 Å². The van der Waals surface area contributed by atoms with Gasteiger partial charge in [0.1, 0.15) is 0 Å². The van der Waals surface area contributed by atoms with Crippen LogP contribution in [0.15, 0.2) is 22.5 Å². The van der Waals surface area contributed by atoms with E-state index in [1.54, 1.807) is 0 Å². The van der Waals surface area contributed by atoms with Gasteiger partial charge in [-0.15, -0.1) is 11.3 Å². The molecule has 1 aromatic heterocycles. The number of hydrogen-bond donors (Lipinski definition) is 2. The predicted molar refractivity (Wildman–Crippen MR) is 123 cm³/mol. The Labute approximate surface area is 175 Å². The molecule has 28 heavy (non-hydrogen) atoms. The Balaban J connectivity index is 1.35. The Morgan fingerprint density at radius 3 is 2.75 bits per heavy atom. The first-order valence-corrected chi connectivity index (χ1v) is 12.2. The molecule has 0 bridgehead atoms. The first-order chi connectivity index (χ1) is 13.8. The number of likely N-dealkylation sites (tertiary alicyclic amines) is 1. The number of nitrogens with one attached hydrogen (secondary N) is 2. The quantitative estimate of drug-likeness (QED) is 0.391. The zero-order valence-electron chi connectivity index (χ0n) is 17.8. The third-order valence-corrected chi connectivity index (χ3v) is 6.99. The third kappa shape index (κ3) is 6.66. The Kier molecular flexibility index (Phi) is 8.93. The first-order valence-electron chi connectivity index (χ1n) is 11.3. The number of anilines is 1. The molecule has 0 amide bonds. The van der Waals surface area contributed by atoms with E-state index in [2.05, 4.69) is 51.8 Å². The van der Waals surface area contributed by atoms with E-state index in [-0.39, 0.29) is 0 Å². The molecule has 1 atom stereocenters. The molecular weight excluding hydrogens is 366 g/mol. The van der Waals surface area contributed by atoms with Gasteiger partial charge in [0, 0.05) is 38.3 Å². The minimum Gasteiger partial charge on any atom is -0.363 e. The second-order valence-corrected chi connectivity index (χ2v) is 9.13. The van der Waals surface area contributed by atoms with Gasteiger partial charge in [0.2, 0.25) is 0 Å². The van der Waals surface area contributed by atoms with Crippen LogP contribution in [0.4, 0.5) is 5.00 Å². The highest BCUT2D eigenvalue weighted by molar-refractivity contribution is 7.14. The number of unbranched alkanes of at least 4 members (excludes halogenated alkanes) is 1. The normalized spacial score (nSPS) is 22.4. The summed E-state index contributed by atoms with van der Waals surface area (Å²) >= 11 is 1.84. The van der Waals surface area contributed by atoms with Crippen molar-refractivity contribution >= 4 is 22.3 Å². The largest absolute Gasteiger partial charge is 0.363 e. The van der Waals surface area contributed by atoms with E-state index in [0.717, 1.165) is 38.2 Å². The van der Waals surface area contributed by atoms with Crippen LogP contribution in [-0.4, -0.2) is 62.2 Å². The van der Waals surface area contributed by atoms with E-state index < -0.39 is 0 Å². The van der Waals surface area contributed by atoms with Crippen molar-refractivity contribution in [3.63, 3.8) is 0 Å². The maximum atomic E-state index is 4.84. The van der Waals surface area contributed by atoms with Gasteiger partial charge in [-0.25, -0.2) is 0 Å². The third-order valence-electron chi connectivity index (χ3n) is 6.06. The Bertz CT molecular complexity index is 565. The fourth-order valence-electron chi connectivity index (χ4n) is 4.31. The standard InChI is InChI=1S/C22H39N5S/c1-3-23-22(24-13-5-7-15-26-14-6-4-9-19(26)2)25-20-11-16-27(17-12-20)21-10-8-18-28-21/h8,10,18-20H,3-7,9,11-17H2,1-2H3,(H2,23,24,25). The molecule has 0 radical (unpaired) electrons. The van der Waals surface area contributed by atoms with Crippen LogP contribution < -0.4 is 15.5 Å². The molecule has 0 aromatic carbocycles. The average Bonchev–Trinajstić information content (AvgIpc) is 3.24. The Morgan fingerprint density at radius 2 is 2.04 bits per heavy atom. The maximum absolute atomic E-state index is 4.84. The molecule has 2 N–H and O–H groups in total. The van der Waals surface area contributed by atoms with E-state index in [1.807, 2.05) is 11.3 Å². The molecule has 158 valence electrons. The zero-order chi connectivity index (χ0) is 19.6. The molecular formula is C22H39N5S. The average molecular weight is 406 g/mol. The number of hydrogen-bond acceptors (Lipinski definition) is 4. The molecule has 0 spiro atoms. The number of aliphatic imine (C=N–C) groups is 1. The summed E-state index contributed by atoms with van der Waals surface area (Å²) < 4.78 is 0. The van der Waals surface area contributed by atoms with E-state index >= 15 is 0 Å². The molecule has 2 aliphatic rings. The molecule has 5 nitrogen and oxygen atoms in total. The minimum atomic E-state index is 0.531. The minimum absolute atomic E-state index is 0.531. The van der Waals surface area contributed by atoms with Crippen LogP contribution in [0.3, 0.4) is 0 Å². The van der Waals surface area contributed by atoms with Gasteiger partial charge in [0.15, 0.2) is 5.96 Å². The second kappa shape index (κ2) is 11.7. The van der Waals surface area contributed by atoms with E-state index in [0.29, 0.717) is 6.04 Å². The van der Waals surface area contributed by atoms with Gasteiger partial charge >= 0.3 is 0 Å². The topological polar surface area (TPSA) is 42.9 Å². The van der Waals surface area contributed by atoms with Crippen molar-refractivity contribution in [1.29, 1.82) is 0 Å². The number of rotatable bonds is 8. The zero-order valence-corrected chi connectivity index (χ0v) is 18.6. The monoisotopic (exact) mass is 405 g/mol. The summed E-state index contributed by atoms with van der Waals surface area (Å²) in [5, 5.41) is 10.7. The molecule has 2 aliphatic heterocycles. The summed E-state index contributed by atoms with van der Waals surface area (Å²) in [5.41, 5.74) is 0. The summed E-state index contributed by atoms with van der Waals surface area (Å²) in [6.07, 6.45) is 8.94. The van der Waals surface area contributed by atoms with Crippen LogP contribution in [0, 0.1) is 0 Å². The smallest absolute Gasteiger partial charge is 0.191 e. The lowest BCUT2D eigenvalue weighted by Crippen LogP contribution is -2.48. The molecule has 6 heteroatoms. The van der Waals surface area contributed by atoms with Gasteiger partial charge in [-0.1, -0.05) is 6.42 Å². The summed E-state index contributed by atoms with van der Waals surface area (Å²) in [6.45, 7) is 11.2. The van der Waals surface area contributed by atoms with Crippen molar-refractivity contribution in [2.45, 2.75) is 70.9 Å². The van der Waals surface area contributed by atoms with Crippen LogP contribution in [0.2, 0.25) is 0 Å². The summed E-state index contributed by atoms with van der Waals surface area (Å²) in [6, 6.07) is 5.68. The van der Waals surface area contributed by atoms with Crippen molar-refractivity contribution in [2.75, 3.05) is 44.2 Å². The molecule has 3 heterocycles. The molecule has 0 aliphatic carbocycles. The Morgan fingerprint density at radius 1 is 1.18 bits per heavy atom. The van der Waals surface area contributed by atoms with Gasteiger partial charge in [-0.05, 0) is 83.0 Å². The highest BCUT2D eigenvalue weighted by Gasteiger charge is 2.21. The highest BCUT2D eigenvalue weighted by atomic mass is 32.1. The maximum Gasteiger partial charge on any atom is 0.191 e. The van der Waals surface area contributed by atoms with Crippen molar-refractivity contribution in [3.8, 4) is 0 Å². The van der Waals surface area contributed by atoms with Gasteiger partial charge in [-0.2, -0.15) is 0 Å².